The zero-order chi connectivity index (χ0) is 15.7. The third-order valence-corrected chi connectivity index (χ3v) is 4.78. The molecule has 0 aliphatic carbocycles. The number of carbonyl (C=O) groups excluding carboxylic acids is 1. The first-order valence-corrected chi connectivity index (χ1v) is 8.25. The van der Waals surface area contributed by atoms with Crippen LogP contribution in [0.15, 0.2) is 42.7 Å². The Labute approximate surface area is 127 Å². The lowest BCUT2D eigenvalue weighted by Gasteiger charge is -2.14. The molecular formula is C14H14N4O3S. The fourth-order valence-corrected chi connectivity index (χ4v) is 3.07. The van der Waals surface area contributed by atoms with Gasteiger partial charge in [-0.25, -0.2) is 18.5 Å². The second-order valence-electron chi connectivity index (χ2n) is 5.05. The summed E-state index contributed by atoms with van der Waals surface area (Å²) in [6.45, 7) is 0.0109. The fourth-order valence-electron chi connectivity index (χ4n) is 2.33. The zero-order valence-electron chi connectivity index (χ0n) is 11.6. The molecule has 1 aromatic carbocycles. The van der Waals surface area contributed by atoms with E-state index in [4.69, 9.17) is 5.14 Å². The van der Waals surface area contributed by atoms with E-state index in [0.717, 1.165) is 5.56 Å². The fraction of sp³-hybridized carbons (Fsp3) is 0.214. The number of hydrogen-bond donors (Lipinski definition) is 1. The van der Waals surface area contributed by atoms with Crippen molar-refractivity contribution in [2.45, 2.75) is 11.7 Å². The van der Waals surface area contributed by atoms with E-state index in [0.29, 0.717) is 11.5 Å². The molecule has 2 heterocycles. The van der Waals surface area contributed by atoms with Crippen molar-refractivity contribution in [1.29, 1.82) is 0 Å². The van der Waals surface area contributed by atoms with Crippen LogP contribution in [0.5, 0.6) is 0 Å². The van der Waals surface area contributed by atoms with Crippen LogP contribution in [0.2, 0.25) is 0 Å². The average molecular weight is 318 g/mol. The van der Waals surface area contributed by atoms with E-state index in [1.807, 2.05) is 30.3 Å². The number of sulfonamides is 1. The van der Waals surface area contributed by atoms with Gasteiger partial charge >= 0.3 is 0 Å². The van der Waals surface area contributed by atoms with Crippen LogP contribution in [-0.2, 0) is 14.8 Å². The number of nitrogens with zero attached hydrogens (tertiary/aromatic N) is 3. The van der Waals surface area contributed by atoms with Crippen molar-refractivity contribution in [3.63, 3.8) is 0 Å². The van der Waals surface area contributed by atoms with Gasteiger partial charge in [0.1, 0.15) is 5.25 Å². The predicted molar refractivity (Wildman–Crippen MR) is 81.3 cm³/mol. The van der Waals surface area contributed by atoms with Gasteiger partial charge in [-0.05, 0) is 0 Å². The van der Waals surface area contributed by atoms with E-state index in [2.05, 4.69) is 9.97 Å². The summed E-state index contributed by atoms with van der Waals surface area (Å²) >= 11 is 0. The molecule has 2 aromatic rings. The molecule has 2 N–H and O–H groups in total. The number of primary sulfonamides is 1. The summed E-state index contributed by atoms with van der Waals surface area (Å²) in [6, 6.07) is 9.50. The third kappa shape index (κ3) is 2.83. The topological polar surface area (TPSA) is 106 Å². The summed E-state index contributed by atoms with van der Waals surface area (Å²) < 4.78 is 22.7. The van der Waals surface area contributed by atoms with Crippen molar-refractivity contribution >= 4 is 21.7 Å². The highest BCUT2D eigenvalue weighted by Gasteiger charge is 2.37. The second-order valence-corrected chi connectivity index (χ2v) is 6.89. The summed E-state index contributed by atoms with van der Waals surface area (Å²) in [5.74, 6) is 0.0108. The molecular weight excluding hydrogens is 304 g/mol. The minimum atomic E-state index is -3.74. The Balaban J connectivity index is 1.83. The molecule has 1 saturated heterocycles. The normalized spacial score (nSPS) is 18.7. The highest BCUT2D eigenvalue weighted by atomic mass is 32.2. The Hall–Kier alpha value is -2.32. The smallest absolute Gasteiger partial charge is 0.229 e. The Bertz CT molecular complexity index is 791. The van der Waals surface area contributed by atoms with Crippen LogP contribution in [0.4, 0.5) is 5.82 Å². The summed E-state index contributed by atoms with van der Waals surface area (Å²) in [4.78, 5) is 21.7. The van der Waals surface area contributed by atoms with Crippen molar-refractivity contribution in [3.8, 4) is 11.3 Å². The molecule has 1 amide bonds. The molecule has 0 spiro atoms. The predicted octanol–water partition coefficient (Wildman–Crippen LogP) is 0.537. The van der Waals surface area contributed by atoms with Crippen LogP contribution in [-0.4, -0.2) is 36.1 Å². The summed E-state index contributed by atoms with van der Waals surface area (Å²) in [5, 5.41) is 4.21. The molecule has 1 aliphatic rings. The molecule has 1 aromatic heterocycles. The van der Waals surface area contributed by atoms with Crippen molar-refractivity contribution in [2.75, 3.05) is 11.4 Å². The van der Waals surface area contributed by atoms with Crippen molar-refractivity contribution in [2.24, 2.45) is 5.14 Å². The minimum Gasteiger partial charge on any atom is -0.294 e. The summed E-state index contributed by atoms with van der Waals surface area (Å²) in [5.41, 5.74) is 1.59. The summed E-state index contributed by atoms with van der Waals surface area (Å²) in [6.07, 6.45) is 2.90. The molecule has 1 aliphatic heterocycles. The number of nitrogens with two attached hydrogens (primary N) is 1. The Kier molecular flexibility index (Phi) is 3.63. The SMILES string of the molecule is NS(=O)(=O)C1CC(=O)N(c2cnc(-c3ccccc3)cn2)C1. The maximum Gasteiger partial charge on any atom is 0.229 e. The van der Waals surface area contributed by atoms with Gasteiger partial charge in [0, 0.05) is 18.5 Å². The van der Waals surface area contributed by atoms with Crippen molar-refractivity contribution in [1.82, 2.24) is 9.97 Å². The van der Waals surface area contributed by atoms with Gasteiger partial charge in [-0.15, -0.1) is 0 Å². The maximum atomic E-state index is 11.9. The van der Waals surface area contributed by atoms with Crippen molar-refractivity contribution < 1.29 is 13.2 Å². The van der Waals surface area contributed by atoms with Gasteiger partial charge in [-0.1, -0.05) is 30.3 Å². The molecule has 7 nitrogen and oxygen atoms in total. The van der Waals surface area contributed by atoms with E-state index in [9.17, 15) is 13.2 Å². The largest absolute Gasteiger partial charge is 0.294 e. The maximum absolute atomic E-state index is 11.9. The van der Waals surface area contributed by atoms with E-state index in [1.54, 1.807) is 6.20 Å². The summed E-state index contributed by atoms with van der Waals surface area (Å²) in [7, 11) is -3.74. The molecule has 22 heavy (non-hydrogen) atoms. The molecule has 1 unspecified atom stereocenters. The van der Waals surface area contributed by atoms with Crippen LogP contribution >= 0.6 is 0 Å². The number of anilines is 1. The molecule has 0 bridgehead atoms. The highest BCUT2D eigenvalue weighted by molar-refractivity contribution is 7.89. The van der Waals surface area contributed by atoms with Gasteiger partial charge in [0.2, 0.25) is 15.9 Å². The van der Waals surface area contributed by atoms with E-state index >= 15 is 0 Å². The minimum absolute atomic E-state index is 0.0109. The van der Waals surface area contributed by atoms with Gasteiger partial charge in [-0.3, -0.25) is 14.7 Å². The molecule has 0 radical (unpaired) electrons. The van der Waals surface area contributed by atoms with Crippen molar-refractivity contribution in [3.05, 3.63) is 42.7 Å². The molecule has 1 fully saturated rings. The number of amides is 1. The molecule has 1 atom stereocenters. The van der Waals surface area contributed by atoms with Crippen LogP contribution in [0.25, 0.3) is 11.3 Å². The van der Waals surface area contributed by atoms with E-state index in [1.165, 1.54) is 11.1 Å². The molecule has 3 rings (SSSR count). The first-order chi connectivity index (χ1) is 10.4. The van der Waals surface area contributed by atoms with E-state index in [-0.39, 0.29) is 18.9 Å². The second kappa shape index (κ2) is 5.47. The molecule has 0 saturated carbocycles. The lowest BCUT2D eigenvalue weighted by atomic mass is 10.2. The number of benzene rings is 1. The monoisotopic (exact) mass is 318 g/mol. The molecule has 8 heteroatoms. The Morgan fingerprint density at radius 2 is 1.86 bits per heavy atom. The van der Waals surface area contributed by atoms with Gasteiger partial charge in [0.05, 0.1) is 18.1 Å². The highest BCUT2D eigenvalue weighted by Crippen LogP contribution is 2.23. The van der Waals surface area contributed by atoms with E-state index < -0.39 is 15.3 Å². The first-order valence-electron chi connectivity index (χ1n) is 6.64. The first kappa shape index (κ1) is 14.6. The third-order valence-electron chi connectivity index (χ3n) is 3.54. The van der Waals surface area contributed by atoms with Gasteiger partial charge < -0.3 is 0 Å². The van der Waals surface area contributed by atoms with Crippen LogP contribution in [0.3, 0.4) is 0 Å². The van der Waals surface area contributed by atoms with Crippen LogP contribution in [0.1, 0.15) is 6.42 Å². The number of carbonyl (C=O) groups is 1. The van der Waals surface area contributed by atoms with Gasteiger partial charge in [0.25, 0.3) is 0 Å². The lowest BCUT2D eigenvalue weighted by Crippen LogP contribution is -2.32. The average Bonchev–Trinajstić information content (AvgIpc) is 2.90. The van der Waals surface area contributed by atoms with Gasteiger partial charge in [0.15, 0.2) is 5.82 Å². The van der Waals surface area contributed by atoms with Crippen LogP contribution < -0.4 is 10.0 Å². The lowest BCUT2D eigenvalue weighted by molar-refractivity contribution is -0.117. The zero-order valence-corrected chi connectivity index (χ0v) is 12.4. The van der Waals surface area contributed by atoms with Crippen LogP contribution in [0, 0.1) is 0 Å². The Morgan fingerprint density at radius 3 is 2.41 bits per heavy atom. The Morgan fingerprint density at radius 1 is 1.14 bits per heavy atom. The standard InChI is InChI=1S/C14H14N4O3S/c15-22(20,21)11-6-14(19)18(9-11)13-8-16-12(7-17-13)10-4-2-1-3-5-10/h1-5,7-8,11H,6,9H2,(H2,15,20,21). The quantitative estimate of drug-likeness (QED) is 0.889. The number of rotatable bonds is 3. The molecule has 114 valence electrons. The number of aromatic nitrogens is 2. The number of hydrogen-bond acceptors (Lipinski definition) is 5. The van der Waals surface area contributed by atoms with Gasteiger partial charge in [-0.2, -0.15) is 0 Å².